The van der Waals surface area contributed by atoms with E-state index in [4.69, 9.17) is 0 Å². The molecule has 0 spiro atoms. The fourth-order valence-corrected chi connectivity index (χ4v) is 0.996. The quantitative estimate of drug-likeness (QED) is 0.591. The van der Waals surface area contributed by atoms with Crippen molar-refractivity contribution in [2.75, 3.05) is 27.2 Å². The summed E-state index contributed by atoms with van der Waals surface area (Å²) in [6.45, 7) is 4.89. The van der Waals surface area contributed by atoms with Gasteiger partial charge in [0, 0.05) is 40.0 Å². The lowest BCUT2D eigenvalue weighted by molar-refractivity contribution is -0.127. The zero-order valence-corrected chi connectivity index (χ0v) is 10.5. The third-order valence-corrected chi connectivity index (χ3v) is 2.04. The monoisotopic (exact) mass is 230 g/mol. The molecule has 0 aliphatic carbocycles. The molecule has 0 unspecified atom stereocenters. The van der Waals surface area contributed by atoms with Crippen molar-refractivity contribution in [2.45, 2.75) is 26.7 Å². The van der Waals surface area contributed by atoms with Gasteiger partial charge in [-0.15, -0.1) is 0 Å². The standard InChI is InChI=1S/C10H22N4O2/c1-5-9(15)11-13(3)7-8-14(4)12-10(16)6-2/h5-8H2,1-4H3,(H,11,15)(H,12,16). The van der Waals surface area contributed by atoms with Crippen LogP contribution in [0.2, 0.25) is 0 Å². The van der Waals surface area contributed by atoms with Crippen LogP contribution >= 0.6 is 0 Å². The number of hydrogen-bond acceptors (Lipinski definition) is 4. The Morgan fingerprint density at radius 2 is 1.19 bits per heavy atom. The molecule has 0 aromatic heterocycles. The third-order valence-electron chi connectivity index (χ3n) is 2.04. The Morgan fingerprint density at radius 3 is 1.44 bits per heavy atom. The highest BCUT2D eigenvalue weighted by molar-refractivity contribution is 5.75. The maximum Gasteiger partial charge on any atom is 0.233 e. The average Bonchev–Trinajstić information content (AvgIpc) is 2.26. The molecule has 6 nitrogen and oxygen atoms in total. The summed E-state index contributed by atoms with van der Waals surface area (Å²) in [5.41, 5.74) is 5.41. The number of rotatable bonds is 7. The van der Waals surface area contributed by atoms with Crippen LogP contribution < -0.4 is 10.9 Å². The van der Waals surface area contributed by atoms with E-state index in [1.54, 1.807) is 38.0 Å². The van der Waals surface area contributed by atoms with Crippen LogP contribution in [-0.2, 0) is 9.59 Å². The molecule has 16 heavy (non-hydrogen) atoms. The first kappa shape index (κ1) is 14.9. The fraction of sp³-hybridized carbons (Fsp3) is 0.800. The van der Waals surface area contributed by atoms with Gasteiger partial charge in [0.2, 0.25) is 11.8 Å². The molecule has 0 aliphatic heterocycles. The number of amides is 2. The van der Waals surface area contributed by atoms with Gasteiger partial charge in [-0.3, -0.25) is 20.4 Å². The van der Waals surface area contributed by atoms with Crippen LogP contribution in [-0.4, -0.2) is 49.0 Å². The van der Waals surface area contributed by atoms with Crippen LogP contribution in [0.1, 0.15) is 26.7 Å². The van der Waals surface area contributed by atoms with Gasteiger partial charge >= 0.3 is 0 Å². The maximum atomic E-state index is 11.1. The van der Waals surface area contributed by atoms with E-state index in [2.05, 4.69) is 10.9 Å². The van der Waals surface area contributed by atoms with Gasteiger partial charge in [-0.2, -0.15) is 0 Å². The van der Waals surface area contributed by atoms with Gasteiger partial charge in [-0.1, -0.05) is 13.8 Å². The SMILES string of the molecule is CCC(=O)NN(C)CCN(C)NC(=O)CC. The Hall–Kier alpha value is -1.14. The minimum absolute atomic E-state index is 0.0113. The average molecular weight is 230 g/mol. The molecule has 0 bridgehead atoms. The second-order valence-corrected chi connectivity index (χ2v) is 3.62. The van der Waals surface area contributed by atoms with E-state index >= 15 is 0 Å². The first-order chi connectivity index (χ1) is 7.49. The summed E-state index contributed by atoms with van der Waals surface area (Å²) in [5.74, 6) is -0.0227. The summed E-state index contributed by atoms with van der Waals surface area (Å²) in [5, 5.41) is 3.42. The number of hydrazine groups is 2. The minimum Gasteiger partial charge on any atom is -0.289 e. The predicted octanol–water partition coefficient (Wildman–Crippen LogP) is -0.268. The van der Waals surface area contributed by atoms with Crippen molar-refractivity contribution in [3.05, 3.63) is 0 Å². The Kier molecular flexibility index (Phi) is 7.49. The van der Waals surface area contributed by atoms with Crippen LogP contribution in [0.3, 0.4) is 0 Å². The smallest absolute Gasteiger partial charge is 0.233 e. The number of nitrogens with zero attached hydrogens (tertiary/aromatic N) is 2. The molecule has 0 atom stereocenters. The van der Waals surface area contributed by atoms with Crippen molar-refractivity contribution < 1.29 is 9.59 Å². The molecular weight excluding hydrogens is 208 g/mol. The topological polar surface area (TPSA) is 64.7 Å². The summed E-state index contributed by atoms with van der Waals surface area (Å²) in [7, 11) is 3.59. The van der Waals surface area contributed by atoms with Crippen molar-refractivity contribution in [2.24, 2.45) is 0 Å². The van der Waals surface area contributed by atoms with Crippen molar-refractivity contribution in [3.8, 4) is 0 Å². The fourth-order valence-electron chi connectivity index (χ4n) is 0.996. The highest BCUT2D eigenvalue weighted by Crippen LogP contribution is 1.84. The number of likely N-dealkylation sites (N-methyl/N-ethyl adjacent to an activating group) is 2. The highest BCUT2D eigenvalue weighted by atomic mass is 16.2. The van der Waals surface area contributed by atoms with E-state index < -0.39 is 0 Å². The van der Waals surface area contributed by atoms with E-state index in [9.17, 15) is 9.59 Å². The van der Waals surface area contributed by atoms with Gasteiger partial charge in [-0.05, 0) is 0 Å². The van der Waals surface area contributed by atoms with Crippen molar-refractivity contribution in [3.63, 3.8) is 0 Å². The molecule has 0 aromatic rings. The minimum atomic E-state index is -0.0113. The van der Waals surface area contributed by atoms with Gasteiger partial charge in [0.25, 0.3) is 0 Å². The predicted molar refractivity (Wildman–Crippen MR) is 62.1 cm³/mol. The maximum absolute atomic E-state index is 11.1. The normalized spacial score (nSPS) is 10.6. The Morgan fingerprint density at radius 1 is 0.875 bits per heavy atom. The second-order valence-electron chi connectivity index (χ2n) is 3.62. The van der Waals surface area contributed by atoms with Gasteiger partial charge < -0.3 is 0 Å². The molecular formula is C10H22N4O2. The van der Waals surface area contributed by atoms with Crippen LogP contribution in [0.15, 0.2) is 0 Å². The van der Waals surface area contributed by atoms with Gasteiger partial charge in [0.1, 0.15) is 0 Å². The first-order valence-electron chi connectivity index (χ1n) is 5.50. The molecule has 6 heteroatoms. The molecule has 0 aliphatic rings. The zero-order valence-electron chi connectivity index (χ0n) is 10.5. The van der Waals surface area contributed by atoms with E-state index in [1.807, 2.05) is 0 Å². The van der Waals surface area contributed by atoms with E-state index in [0.717, 1.165) is 0 Å². The molecule has 2 amide bonds. The number of nitrogens with one attached hydrogen (secondary N) is 2. The lowest BCUT2D eigenvalue weighted by Gasteiger charge is -2.22. The number of hydrogen-bond donors (Lipinski definition) is 2. The van der Waals surface area contributed by atoms with E-state index in [1.165, 1.54) is 0 Å². The highest BCUT2D eigenvalue weighted by Gasteiger charge is 2.05. The summed E-state index contributed by atoms with van der Waals surface area (Å²) in [4.78, 5) is 22.1. The molecule has 0 saturated carbocycles. The number of carbonyl (C=O) groups is 2. The van der Waals surface area contributed by atoms with Crippen molar-refractivity contribution >= 4 is 11.8 Å². The third kappa shape index (κ3) is 7.19. The van der Waals surface area contributed by atoms with Crippen LogP contribution in [0.25, 0.3) is 0 Å². The summed E-state index contributed by atoms with van der Waals surface area (Å²) in [6, 6.07) is 0. The largest absolute Gasteiger partial charge is 0.289 e. The van der Waals surface area contributed by atoms with E-state index in [0.29, 0.717) is 25.9 Å². The van der Waals surface area contributed by atoms with Gasteiger partial charge in [0.15, 0.2) is 0 Å². The molecule has 0 radical (unpaired) electrons. The molecule has 0 heterocycles. The summed E-state index contributed by atoms with van der Waals surface area (Å²) < 4.78 is 0. The lowest BCUT2D eigenvalue weighted by atomic mass is 10.5. The van der Waals surface area contributed by atoms with Crippen LogP contribution in [0.5, 0.6) is 0 Å². The molecule has 2 N–H and O–H groups in total. The summed E-state index contributed by atoms with van der Waals surface area (Å²) in [6.07, 6.45) is 0.930. The van der Waals surface area contributed by atoms with Crippen molar-refractivity contribution in [1.29, 1.82) is 0 Å². The second kappa shape index (κ2) is 8.06. The van der Waals surface area contributed by atoms with Gasteiger partial charge in [-0.25, -0.2) is 10.0 Å². The Labute approximate surface area is 96.9 Å². The first-order valence-corrected chi connectivity index (χ1v) is 5.50. The zero-order chi connectivity index (χ0) is 12.6. The van der Waals surface area contributed by atoms with E-state index in [-0.39, 0.29) is 11.8 Å². The molecule has 0 fully saturated rings. The van der Waals surface area contributed by atoms with Crippen LogP contribution in [0, 0.1) is 0 Å². The molecule has 0 saturated heterocycles. The van der Waals surface area contributed by atoms with Crippen LogP contribution in [0.4, 0.5) is 0 Å². The lowest BCUT2D eigenvalue weighted by Crippen LogP contribution is -2.46. The molecule has 94 valence electrons. The molecule has 0 rings (SSSR count). The van der Waals surface area contributed by atoms with Gasteiger partial charge in [0.05, 0.1) is 0 Å². The number of carbonyl (C=O) groups excluding carboxylic acids is 2. The van der Waals surface area contributed by atoms with Crippen molar-refractivity contribution in [1.82, 2.24) is 20.9 Å². The summed E-state index contributed by atoms with van der Waals surface area (Å²) >= 11 is 0. The Balaban J connectivity index is 3.70. The molecule has 0 aromatic carbocycles. The Bertz CT molecular complexity index is 209.